The highest BCUT2D eigenvalue weighted by Crippen LogP contribution is 2.34. The van der Waals surface area contributed by atoms with Crippen LogP contribution in [0.1, 0.15) is 39.9 Å². The van der Waals surface area contributed by atoms with Gasteiger partial charge in [0, 0.05) is 29.1 Å². The summed E-state index contributed by atoms with van der Waals surface area (Å²) in [5.74, 6) is -7.94. The lowest BCUT2D eigenvalue weighted by molar-refractivity contribution is -0.155. The zero-order valence-corrected chi connectivity index (χ0v) is 20.4. The van der Waals surface area contributed by atoms with Crippen LogP contribution in [0.3, 0.4) is 0 Å². The van der Waals surface area contributed by atoms with E-state index in [1.165, 1.54) is 23.1 Å². The van der Waals surface area contributed by atoms with Gasteiger partial charge in [-0.2, -0.15) is 8.78 Å². The number of carbonyl (C=O) groups excluding carboxylic acids is 4. The standard InChI is InChI=1S/C22H12B6ClF2N3O4/c23-12-6-11(15(24)16(25)17(12)29)21(30,31)20(38)34(28)22(26,27)9-1-2-10-8(5-9)7-33(19(10)37)13-3-4-14(35)32-18(13)36/h1-2,5-6,13H,3-4,7H2,(H,32,35,36). The Labute approximate surface area is 229 Å². The molecule has 12 radical (unpaired) electrons. The highest BCUT2D eigenvalue weighted by atomic mass is 35.5. The smallest absolute Gasteiger partial charge is 0.348 e. The van der Waals surface area contributed by atoms with Crippen LogP contribution in [-0.4, -0.2) is 86.6 Å². The molecule has 1 N–H and O–H groups in total. The Morgan fingerprint density at radius 3 is 2.39 bits per heavy atom. The fraction of sp³-hybridized carbons (Fsp3) is 0.273. The van der Waals surface area contributed by atoms with Crippen LogP contribution >= 0.6 is 11.6 Å². The molecule has 1 fully saturated rings. The molecule has 2 aromatic carbocycles. The molecular formula is C22H12B6ClF2N3O4. The van der Waals surface area contributed by atoms with Crippen LogP contribution in [0.4, 0.5) is 8.78 Å². The van der Waals surface area contributed by atoms with Gasteiger partial charge in [0.25, 0.3) is 11.8 Å². The van der Waals surface area contributed by atoms with Gasteiger partial charge in [0.1, 0.15) is 29.6 Å². The van der Waals surface area contributed by atoms with Crippen LogP contribution in [-0.2, 0) is 32.2 Å². The number of piperidine rings is 1. The molecular weight excluding hydrogens is 509 g/mol. The maximum absolute atomic E-state index is 15.3. The number of fused-ring (bicyclic) bond motifs is 1. The van der Waals surface area contributed by atoms with Crippen molar-refractivity contribution in [2.75, 3.05) is 0 Å². The van der Waals surface area contributed by atoms with Gasteiger partial charge in [0.15, 0.2) is 0 Å². The SMILES string of the molecule is [B]c1cc(C(F)(F)C(=O)N([B])C([B])([B])c2ccc3c(c2)CN(C2CCC(=O)NC2=O)C3=O)c([B])c([B])c1Cl. The van der Waals surface area contributed by atoms with Crippen molar-refractivity contribution in [3.63, 3.8) is 0 Å². The molecule has 2 aliphatic rings. The van der Waals surface area contributed by atoms with E-state index in [-0.39, 0.29) is 45.8 Å². The number of amides is 4. The number of hydrogen-bond acceptors (Lipinski definition) is 4. The number of imide groups is 1. The zero-order chi connectivity index (χ0) is 28.3. The summed E-state index contributed by atoms with van der Waals surface area (Å²) in [6, 6.07) is 3.69. The quantitative estimate of drug-likeness (QED) is 0.353. The minimum atomic E-state index is -4.37. The monoisotopic (exact) mass is 521 g/mol. The summed E-state index contributed by atoms with van der Waals surface area (Å²) in [6.07, 6.45) is 0.197. The van der Waals surface area contributed by atoms with Crippen molar-refractivity contribution in [1.29, 1.82) is 0 Å². The maximum Gasteiger partial charge on any atom is 0.348 e. The molecule has 2 heterocycles. The van der Waals surface area contributed by atoms with Gasteiger partial charge in [-0.05, 0) is 29.0 Å². The van der Waals surface area contributed by atoms with Gasteiger partial charge < -0.3 is 9.71 Å². The third kappa shape index (κ3) is 4.48. The lowest BCUT2D eigenvalue weighted by Crippen LogP contribution is -2.55. The second-order valence-electron chi connectivity index (χ2n) is 9.00. The number of nitrogens with zero attached hydrogens (tertiary/aromatic N) is 2. The van der Waals surface area contributed by atoms with Crippen LogP contribution in [0.5, 0.6) is 0 Å². The molecule has 0 aromatic heterocycles. The molecule has 0 bridgehead atoms. The molecule has 16 heteroatoms. The van der Waals surface area contributed by atoms with Crippen molar-refractivity contribution in [3.8, 4) is 0 Å². The van der Waals surface area contributed by atoms with Gasteiger partial charge in [-0.3, -0.25) is 24.5 Å². The van der Waals surface area contributed by atoms with Crippen molar-refractivity contribution in [3.05, 3.63) is 51.5 Å². The van der Waals surface area contributed by atoms with E-state index in [2.05, 4.69) is 5.32 Å². The number of hydrogen-bond donors (Lipinski definition) is 1. The maximum atomic E-state index is 15.3. The van der Waals surface area contributed by atoms with Gasteiger partial charge in [0.05, 0.1) is 15.7 Å². The van der Waals surface area contributed by atoms with Crippen molar-refractivity contribution >= 4 is 98.8 Å². The van der Waals surface area contributed by atoms with E-state index >= 15 is 8.78 Å². The number of alkyl halides is 2. The number of rotatable bonds is 5. The van der Waals surface area contributed by atoms with E-state index < -0.39 is 57.4 Å². The summed E-state index contributed by atoms with van der Waals surface area (Å²) >= 11 is 5.83. The van der Waals surface area contributed by atoms with Crippen LogP contribution in [0, 0.1) is 0 Å². The third-order valence-corrected chi connectivity index (χ3v) is 7.00. The first kappa shape index (κ1) is 28.1. The Hall–Kier alpha value is -2.94. The van der Waals surface area contributed by atoms with Crippen LogP contribution < -0.4 is 21.7 Å². The van der Waals surface area contributed by atoms with Gasteiger partial charge in [-0.25, -0.2) is 0 Å². The number of nitrogens with one attached hydrogen (secondary N) is 1. The molecule has 38 heavy (non-hydrogen) atoms. The summed E-state index contributed by atoms with van der Waals surface area (Å²) in [7, 11) is 34.7. The van der Waals surface area contributed by atoms with Crippen molar-refractivity contribution in [1.82, 2.24) is 15.0 Å². The molecule has 7 nitrogen and oxygen atoms in total. The molecule has 1 atom stereocenters. The van der Waals surface area contributed by atoms with E-state index in [1.54, 1.807) is 0 Å². The third-order valence-electron chi connectivity index (χ3n) is 6.58. The topological polar surface area (TPSA) is 86.8 Å². The molecule has 2 aliphatic heterocycles. The molecule has 1 saturated heterocycles. The summed E-state index contributed by atoms with van der Waals surface area (Å²) in [6.45, 7) is -0.0566. The van der Waals surface area contributed by atoms with E-state index in [1.807, 2.05) is 0 Å². The Morgan fingerprint density at radius 2 is 1.76 bits per heavy atom. The summed E-state index contributed by atoms with van der Waals surface area (Å²) in [5, 5.41) is -0.564. The highest BCUT2D eigenvalue weighted by Gasteiger charge is 2.47. The van der Waals surface area contributed by atoms with E-state index in [0.717, 1.165) is 0 Å². The first-order valence-electron chi connectivity index (χ1n) is 11.0. The van der Waals surface area contributed by atoms with E-state index in [0.29, 0.717) is 11.6 Å². The summed E-state index contributed by atoms with van der Waals surface area (Å²) in [4.78, 5) is 50.6. The van der Waals surface area contributed by atoms with Gasteiger partial charge in [-0.1, -0.05) is 46.2 Å². The van der Waals surface area contributed by atoms with Crippen LogP contribution in [0.15, 0.2) is 24.3 Å². The number of carbonyl (C=O) groups is 4. The predicted octanol–water partition coefficient (Wildman–Crippen LogP) is -2.37. The molecule has 0 aliphatic carbocycles. The summed E-state index contributed by atoms with van der Waals surface area (Å²) in [5.41, 5.74) is -2.06. The lowest BCUT2D eigenvalue weighted by atomic mass is 9.55. The Kier molecular flexibility index (Phi) is 7.14. The second-order valence-corrected chi connectivity index (χ2v) is 9.38. The fourth-order valence-electron chi connectivity index (χ4n) is 4.37. The first-order valence-corrected chi connectivity index (χ1v) is 11.4. The molecule has 0 spiro atoms. The largest absolute Gasteiger partial charge is 0.398 e. The fourth-order valence-corrected chi connectivity index (χ4v) is 4.53. The van der Waals surface area contributed by atoms with E-state index in [4.69, 9.17) is 58.8 Å². The molecule has 1 unspecified atom stereocenters. The molecule has 0 saturated carbocycles. The Balaban J connectivity index is 1.62. The predicted molar refractivity (Wildman–Crippen MR) is 140 cm³/mol. The first-order chi connectivity index (χ1) is 17.6. The molecule has 4 rings (SSSR count). The Bertz CT molecular complexity index is 1410. The minimum absolute atomic E-state index is 0.0566. The van der Waals surface area contributed by atoms with E-state index in [9.17, 15) is 19.2 Å². The molecule has 4 amide bonds. The highest BCUT2D eigenvalue weighted by molar-refractivity contribution is 6.59. The van der Waals surface area contributed by atoms with Crippen LogP contribution in [0.2, 0.25) is 5.02 Å². The molecule has 178 valence electrons. The number of benzene rings is 2. The van der Waals surface area contributed by atoms with Crippen molar-refractivity contribution in [2.45, 2.75) is 36.7 Å². The Morgan fingerprint density at radius 1 is 1.11 bits per heavy atom. The minimum Gasteiger partial charge on any atom is -0.398 e. The average Bonchev–Trinajstić information content (AvgIpc) is 3.19. The van der Waals surface area contributed by atoms with Gasteiger partial charge in [0.2, 0.25) is 19.8 Å². The molecule has 2 aromatic rings. The van der Waals surface area contributed by atoms with Gasteiger partial charge >= 0.3 is 5.92 Å². The second kappa shape index (κ2) is 9.67. The average molecular weight is 521 g/mol. The van der Waals surface area contributed by atoms with Crippen LogP contribution in [0.25, 0.3) is 0 Å². The van der Waals surface area contributed by atoms with Crippen molar-refractivity contribution < 1.29 is 28.0 Å². The summed E-state index contributed by atoms with van der Waals surface area (Å²) < 4.78 is 30.5. The zero-order valence-electron chi connectivity index (χ0n) is 19.6. The van der Waals surface area contributed by atoms with Gasteiger partial charge in [-0.15, -0.1) is 0 Å². The number of halogens is 3. The normalized spacial score (nSPS) is 17.8. The lowest BCUT2D eigenvalue weighted by Gasteiger charge is -2.40. The van der Waals surface area contributed by atoms with Crippen molar-refractivity contribution in [2.24, 2.45) is 0 Å².